The average Bonchev–Trinajstić information content (AvgIpc) is 3.49. The van der Waals surface area contributed by atoms with E-state index < -0.39 is 30.4 Å². The van der Waals surface area contributed by atoms with Gasteiger partial charge in [0.25, 0.3) is 0 Å². The third-order valence-electron chi connectivity index (χ3n) is 5.45. The van der Waals surface area contributed by atoms with Gasteiger partial charge in [-0.05, 0) is 18.6 Å². The van der Waals surface area contributed by atoms with Crippen molar-refractivity contribution < 1.29 is 28.8 Å². The van der Waals surface area contributed by atoms with Gasteiger partial charge in [-0.25, -0.2) is 19.3 Å². The quantitative estimate of drug-likeness (QED) is 0.521. The number of aliphatic hydroxyl groups excluding tert-OH is 2. The van der Waals surface area contributed by atoms with Crippen LogP contribution in [0.25, 0.3) is 11.2 Å². The summed E-state index contributed by atoms with van der Waals surface area (Å²) in [7, 11) is 0. The van der Waals surface area contributed by atoms with E-state index in [4.69, 9.17) is 14.2 Å². The molecule has 0 spiro atoms. The highest BCUT2D eigenvalue weighted by Crippen LogP contribution is 2.33. The van der Waals surface area contributed by atoms with Gasteiger partial charge in [0, 0.05) is 12.7 Å². The number of halogens is 1. The summed E-state index contributed by atoms with van der Waals surface area (Å²) in [5.74, 6) is 0.445. The van der Waals surface area contributed by atoms with E-state index >= 15 is 0 Å². The molecule has 2 fully saturated rings. The maximum atomic E-state index is 13.3. The Morgan fingerprint density at radius 3 is 2.94 bits per heavy atom. The predicted molar refractivity (Wildman–Crippen MR) is 106 cm³/mol. The number of fused-ring (bicyclic) bond motifs is 1. The van der Waals surface area contributed by atoms with E-state index in [0.29, 0.717) is 35.9 Å². The lowest BCUT2D eigenvalue weighted by molar-refractivity contribution is -0.0474. The number of aromatic nitrogens is 4. The number of rotatable bonds is 6. The minimum atomic E-state index is -1.23. The van der Waals surface area contributed by atoms with Crippen LogP contribution in [-0.2, 0) is 9.47 Å². The number of benzene rings is 1. The lowest BCUT2D eigenvalue weighted by Gasteiger charge is -2.17. The Bertz CT molecular complexity index is 1060. The first-order valence-corrected chi connectivity index (χ1v) is 10.0. The first kappa shape index (κ1) is 20.1. The normalized spacial score (nSPS) is 28.3. The fourth-order valence-electron chi connectivity index (χ4n) is 3.82. The van der Waals surface area contributed by atoms with Crippen LogP contribution in [0.15, 0.2) is 36.9 Å². The molecule has 2 aromatic heterocycles. The lowest BCUT2D eigenvalue weighted by atomic mass is 10.1. The van der Waals surface area contributed by atoms with Gasteiger partial charge in [-0.3, -0.25) is 4.57 Å². The number of hydrogen-bond donors (Lipinski definition) is 3. The molecular formula is C20H22FN5O5. The Hall–Kier alpha value is -2.86. The van der Waals surface area contributed by atoms with Crippen LogP contribution >= 0.6 is 0 Å². The number of imidazole rings is 1. The Labute approximate surface area is 176 Å². The Kier molecular flexibility index (Phi) is 5.40. The van der Waals surface area contributed by atoms with Gasteiger partial charge in [0.2, 0.25) is 0 Å². The van der Waals surface area contributed by atoms with Crippen molar-refractivity contribution in [1.82, 2.24) is 19.5 Å². The molecule has 2 aliphatic rings. The number of nitrogens with one attached hydrogen (secondary N) is 1. The fourth-order valence-corrected chi connectivity index (χ4v) is 3.82. The maximum absolute atomic E-state index is 13.3. The Balaban J connectivity index is 1.33. The van der Waals surface area contributed by atoms with Crippen LogP contribution in [-0.4, -0.2) is 73.9 Å². The smallest absolute Gasteiger partial charge is 0.167 e. The van der Waals surface area contributed by atoms with E-state index in [9.17, 15) is 14.6 Å². The van der Waals surface area contributed by atoms with Crippen LogP contribution in [0, 0.1) is 5.82 Å². The fraction of sp³-hybridized carbons (Fsp3) is 0.450. The largest absolute Gasteiger partial charge is 0.491 e. The zero-order valence-electron chi connectivity index (χ0n) is 16.5. The molecule has 31 heavy (non-hydrogen) atoms. The standard InChI is InChI=1S/C20H22FN5O5/c21-11-2-1-3-13(6-11)30-8-14-16(27)17(28)20(31-14)26-10-24-15-18(22-9-23-19(15)26)25-12-4-5-29-7-12/h1-3,6,9-10,12,14,16-17,20,27-28H,4-5,7-8H2,(H,22,23,25)/t12?,14-,16-,17-,20-/m0/s1. The van der Waals surface area contributed by atoms with E-state index in [1.807, 2.05) is 0 Å². The van der Waals surface area contributed by atoms with E-state index in [2.05, 4.69) is 20.3 Å². The molecule has 0 aliphatic carbocycles. The predicted octanol–water partition coefficient (Wildman–Crippen LogP) is 0.864. The van der Waals surface area contributed by atoms with Gasteiger partial charge >= 0.3 is 0 Å². The van der Waals surface area contributed by atoms with Gasteiger partial charge in [0.15, 0.2) is 23.2 Å². The number of hydrogen-bond acceptors (Lipinski definition) is 9. The Morgan fingerprint density at radius 2 is 2.13 bits per heavy atom. The van der Waals surface area contributed by atoms with Crippen LogP contribution < -0.4 is 10.1 Å². The molecule has 1 aromatic carbocycles. The second kappa shape index (κ2) is 8.35. The van der Waals surface area contributed by atoms with E-state index in [1.54, 1.807) is 10.6 Å². The monoisotopic (exact) mass is 431 g/mol. The topological polar surface area (TPSA) is 124 Å². The van der Waals surface area contributed by atoms with Crippen molar-refractivity contribution in [2.24, 2.45) is 0 Å². The highest BCUT2D eigenvalue weighted by Gasteiger charge is 2.44. The van der Waals surface area contributed by atoms with Crippen LogP contribution in [0.4, 0.5) is 10.2 Å². The molecule has 0 bridgehead atoms. The van der Waals surface area contributed by atoms with Crippen molar-refractivity contribution in [2.75, 3.05) is 25.1 Å². The molecule has 3 aromatic rings. The molecule has 5 atom stereocenters. The third-order valence-corrected chi connectivity index (χ3v) is 5.45. The van der Waals surface area contributed by atoms with E-state index in [0.717, 1.165) is 6.42 Å². The summed E-state index contributed by atoms with van der Waals surface area (Å²) in [5, 5.41) is 24.3. The molecule has 11 heteroatoms. The zero-order chi connectivity index (χ0) is 21.4. The number of anilines is 1. The molecule has 10 nitrogen and oxygen atoms in total. The van der Waals surface area contributed by atoms with Crippen LogP contribution in [0.1, 0.15) is 12.6 Å². The van der Waals surface area contributed by atoms with Crippen molar-refractivity contribution in [3.05, 3.63) is 42.7 Å². The summed E-state index contributed by atoms with van der Waals surface area (Å²) >= 11 is 0. The molecule has 3 N–H and O–H groups in total. The molecular weight excluding hydrogens is 409 g/mol. The van der Waals surface area contributed by atoms with Crippen molar-refractivity contribution in [3.8, 4) is 5.75 Å². The van der Waals surface area contributed by atoms with Gasteiger partial charge in [-0.15, -0.1) is 0 Å². The van der Waals surface area contributed by atoms with Gasteiger partial charge in [-0.2, -0.15) is 0 Å². The SMILES string of the molecule is O[C@@H]1[C@H](O)[C@@H](n2cnc3c(NC4CCOC4)ncnc32)O[C@H]1COc1cccc(F)c1. The molecule has 0 saturated carbocycles. The van der Waals surface area contributed by atoms with Gasteiger partial charge in [0.1, 0.15) is 42.8 Å². The molecule has 2 saturated heterocycles. The van der Waals surface area contributed by atoms with Gasteiger partial charge in [0.05, 0.1) is 19.0 Å². The second-order valence-corrected chi connectivity index (χ2v) is 7.57. The third kappa shape index (κ3) is 3.92. The minimum Gasteiger partial charge on any atom is -0.491 e. The zero-order valence-corrected chi connectivity index (χ0v) is 16.5. The summed E-state index contributed by atoms with van der Waals surface area (Å²) in [6, 6.07) is 5.81. The van der Waals surface area contributed by atoms with Crippen molar-refractivity contribution in [2.45, 2.75) is 37.0 Å². The highest BCUT2D eigenvalue weighted by molar-refractivity contribution is 5.82. The first-order valence-electron chi connectivity index (χ1n) is 10.0. The first-order chi connectivity index (χ1) is 15.1. The molecule has 0 radical (unpaired) electrons. The molecule has 164 valence electrons. The summed E-state index contributed by atoms with van der Waals surface area (Å²) in [6.45, 7) is 1.23. The number of ether oxygens (including phenoxy) is 3. The van der Waals surface area contributed by atoms with Crippen LogP contribution in [0.2, 0.25) is 0 Å². The molecule has 0 amide bonds. The molecule has 4 heterocycles. The van der Waals surface area contributed by atoms with E-state index in [1.165, 1.54) is 30.9 Å². The molecule has 1 unspecified atom stereocenters. The van der Waals surface area contributed by atoms with Gasteiger partial charge in [-0.1, -0.05) is 6.07 Å². The van der Waals surface area contributed by atoms with Crippen LogP contribution in [0.5, 0.6) is 5.75 Å². The summed E-state index contributed by atoms with van der Waals surface area (Å²) in [4.78, 5) is 12.9. The van der Waals surface area contributed by atoms with Crippen molar-refractivity contribution in [1.29, 1.82) is 0 Å². The highest BCUT2D eigenvalue weighted by atomic mass is 19.1. The summed E-state index contributed by atoms with van der Waals surface area (Å²) < 4.78 is 31.7. The minimum absolute atomic E-state index is 0.0612. The second-order valence-electron chi connectivity index (χ2n) is 7.57. The summed E-state index contributed by atoms with van der Waals surface area (Å²) in [6.07, 6.45) is -0.406. The van der Waals surface area contributed by atoms with E-state index in [-0.39, 0.29) is 12.6 Å². The summed E-state index contributed by atoms with van der Waals surface area (Å²) in [5.41, 5.74) is 0.985. The average molecular weight is 431 g/mol. The number of aliphatic hydroxyl groups is 2. The van der Waals surface area contributed by atoms with Crippen molar-refractivity contribution in [3.63, 3.8) is 0 Å². The molecule has 2 aliphatic heterocycles. The maximum Gasteiger partial charge on any atom is 0.167 e. The molecule has 5 rings (SSSR count). The lowest BCUT2D eigenvalue weighted by Crippen LogP contribution is -2.34. The van der Waals surface area contributed by atoms with Crippen LogP contribution in [0.3, 0.4) is 0 Å². The van der Waals surface area contributed by atoms with Crippen molar-refractivity contribution >= 4 is 17.0 Å². The Morgan fingerprint density at radius 1 is 1.23 bits per heavy atom. The number of nitrogens with zero attached hydrogens (tertiary/aromatic N) is 4. The van der Waals surface area contributed by atoms with Gasteiger partial charge < -0.3 is 29.7 Å².